The van der Waals surface area contributed by atoms with E-state index in [-0.39, 0.29) is 30.6 Å². The highest BCUT2D eigenvalue weighted by Crippen LogP contribution is 2.06. The molecule has 0 saturated carbocycles. The van der Waals surface area contributed by atoms with Crippen LogP contribution in [0.4, 0.5) is 0 Å². The van der Waals surface area contributed by atoms with Crippen molar-refractivity contribution in [2.45, 2.75) is 33.1 Å². The molecule has 0 unspecified atom stereocenters. The van der Waals surface area contributed by atoms with Crippen LogP contribution in [0.1, 0.15) is 33.1 Å². The van der Waals surface area contributed by atoms with Gasteiger partial charge >= 0.3 is 5.97 Å². The van der Waals surface area contributed by atoms with Gasteiger partial charge in [0, 0.05) is 39.5 Å². The van der Waals surface area contributed by atoms with Crippen molar-refractivity contribution in [2.75, 3.05) is 32.8 Å². The molecular formula is C13H22N2O4. The largest absolute Gasteiger partial charge is 0.466 e. The smallest absolute Gasteiger partial charge is 0.306 e. The molecule has 6 heteroatoms. The minimum Gasteiger partial charge on any atom is -0.466 e. The molecule has 1 rings (SSSR count). The first-order chi connectivity index (χ1) is 9.04. The summed E-state index contributed by atoms with van der Waals surface area (Å²) in [5.41, 5.74) is 0. The van der Waals surface area contributed by atoms with Gasteiger partial charge in [-0.15, -0.1) is 0 Å². The Morgan fingerprint density at radius 3 is 2.26 bits per heavy atom. The van der Waals surface area contributed by atoms with E-state index in [4.69, 9.17) is 4.74 Å². The van der Waals surface area contributed by atoms with E-state index in [1.165, 1.54) is 6.92 Å². The molecule has 0 atom stereocenters. The molecule has 0 aliphatic carbocycles. The van der Waals surface area contributed by atoms with E-state index in [2.05, 4.69) is 0 Å². The topological polar surface area (TPSA) is 66.9 Å². The van der Waals surface area contributed by atoms with E-state index >= 15 is 0 Å². The van der Waals surface area contributed by atoms with Crippen molar-refractivity contribution in [3.63, 3.8) is 0 Å². The number of nitrogens with zero attached hydrogens (tertiary/aromatic N) is 2. The van der Waals surface area contributed by atoms with Gasteiger partial charge in [-0.1, -0.05) is 0 Å². The first kappa shape index (κ1) is 15.5. The highest BCUT2D eigenvalue weighted by atomic mass is 16.5. The van der Waals surface area contributed by atoms with E-state index in [9.17, 15) is 14.4 Å². The van der Waals surface area contributed by atoms with Crippen LogP contribution in [-0.4, -0.2) is 60.4 Å². The zero-order valence-electron chi connectivity index (χ0n) is 11.7. The van der Waals surface area contributed by atoms with Crippen LogP contribution in [0.25, 0.3) is 0 Å². The Bertz CT molecular complexity index is 344. The fourth-order valence-electron chi connectivity index (χ4n) is 2.08. The molecule has 0 aromatic heterocycles. The van der Waals surface area contributed by atoms with Crippen LogP contribution in [0.3, 0.4) is 0 Å². The average molecular weight is 270 g/mol. The van der Waals surface area contributed by atoms with Gasteiger partial charge in [0.2, 0.25) is 11.8 Å². The Morgan fingerprint density at radius 1 is 1.00 bits per heavy atom. The van der Waals surface area contributed by atoms with Crippen LogP contribution in [0.2, 0.25) is 0 Å². The number of esters is 1. The van der Waals surface area contributed by atoms with E-state index in [1.54, 1.807) is 16.7 Å². The molecule has 19 heavy (non-hydrogen) atoms. The number of hydrogen-bond acceptors (Lipinski definition) is 4. The molecule has 1 aliphatic rings. The average Bonchev–Trinajstić information content (AvgIpc) is 2.62. The maximum atomic E-state index is 12.0. The summed E-state index contributed by atoms with van der Waals surface area (Å²) in [4.78, 5) is 37.9. The Labute approximate surface area is 113 Å². The van der Waals surface area contributed by atoms with Gasteiger partial charge in [-0.2, -0.15) is 0 Å². The van der Waals surface area contributed by atoms with Gasteiger partial charge in [0.05, 0.1) is 13.0 Å². The molecule has 0 aromatic rings. The van der Waals surface area contributed by atoms with Crippen molar-refractivity contribution in [2.24, 2.45) is 0 Å². The van der Waals surface area contributed by atoms with Crippen LogP contribution in [0, 0.1) is 0 Å². The van der Waals surface area contributed by atoms with E-state index in [1.807, 2.05) is 0 Å². The lowest BCUT2D eigenvalue weighted by Gasteiger charge is -2.21. The summed E-state index contributed by atoms with van der Waals surface area (Å²) in [5, 5.41) is 0. The third kappa shape index (κ3) is 5.28. The third-order valence-corrected chi connectivity index (χ3v) is 3.14. The fourth-order valence-corrected chi connectivity index (χ4v) is 2.08. The minimum absolute atomic E-state index is 0.0424. The zero-order chi connectivity index (χ0) is 14.3. The Morgan fingerprint density at radius 2 is 1.63 bits per heavy atom. The summed E-state index contributed by atoms with van der Waals surface area (Å²) in [6.45, 7) is 6.07. The quantitative estimate of drug-likeness (QED) is 0.694. The molecule has 1 heterocycles. The molecule has 0 bridgehead atoms. The Balaban J connectivity index is 2.36. The van der Waals surface area contributed by atoms with Crippen molar-refractivity contribution in [1.29, 1.82) is 0 Å². The normalized spacial score (nSPS) is 15.9. The Kier molecular flexibility index (Phi) is 6.32. The highest BCUT2D eigenvalue weighted by Gasteiger charge is 2.20. The van der Waals surface area contributed by atoms with Crippen LogP contribution < -0.4 is 0 Å². The molecule has 0 aromatic carbocycles. The number of carbonyl (C=O) groups is 3. The number of hydrogen-bond donors (Lipinski definition) is 0. The molecule has 1 aliphatic heterocycles. The van der Waals surface area contributed by atoms with Crippen LogP contribution in [0.5, 0.6) is 0 Å². The van der Waals surface area contributed by atoms with E-state index in [0.717, 1.165) is 6.42 Å². The maximum absolute atomic E-state index is 12.0. The van der Waals surface area contributed by atoms with E-state index in [0.29, 0.717) is 32.8 Å². The lowest BCUT2D eigenvalue weighted by Crippen LogP contribution is -2.36. The van der Waals surface area contributed by atoms with Crippen molar-refractivity contribution < 1.29 is 19.1 Å². The van der Waals surface area contributed by atoms with Crippen molar-refractivity contribution in [1.82, 2.24) is 9.80 Å². The first-order valence-electron chi connectivity index (χ1n) is 6.73. The van der Waals surface area contributed by atoms with Gasteiger partial charge in [0.15, 0.2) is 0 Å². The molecular weight excluding hydrogens is 248 g/mol. The fraction of sp³-hybridized carbons (Fsp3) is 0.769. The zero-order valence-corrected chi connectivity index (χ0v) is 11.7. The monoisotopic (exact) mass is 270 g/mol. The summed E-state index contributed by atoms with van der Waals surface area (Å²) >= 11 is 0. The van der Waals surface area contributed by atoms with Crippen molar-refractivity contribution >= 4 is 17.8 Å². The number of rotatable bonds is 4. The van der Waals surface area contributed by atoms with Crippen molar-refractivity contribution in [3.05, 3.63) is 0 Å². The van der Waals surface area contributed by atoms with Gasteiger partial charge < -0.3 is 14.5 Å². The summed E-state index contributed by atoms with van der Waals surface area (Å²) in [6, 6.07) is 0. The Hall–Kier alpha value is -1.59. The maximum Gasteiger partial charge on any atom is 0.306 e. The molecule has 108 valence electrons. The predicted octanol–water partition coefficient (Wildman–Crippen LogP) is 0.410. The number of amides is 2. The van der Waals surface area contributed by atoms with Crippen LogP contribution in [-0.2, 0) is 19.1 Å². The van der Waals surface area contributed by atoms with Gasteiger partial charge in [-0.3, -0.25) is 14.4 Å². The van der Waals surface area contributed by atoms with E-state index < -0.39 is 0 Å². The number of carbonyl (C=O) groups excluding carboxylic acids is 3. The first-order valence-corrected chi connectivity index (χ1v) is 6.73. The summed E-state index contributed by atoms with van der Waals surface area (Å²) in [7, 11) is 0. The standard InChI is InChI=1S/C13H22N2O4/c1-3-19-13(18)6-5-12(17)15-8-4-7-14(9-10-15)11(2)16/h3-10H2,1-2H3. The second kappa shape index (κ2) is 7.76. The number of ether oxygens (including phenoxy) is 1. The van der Waals surface area contributed by atoms with Gasteiger partial charge in [0.1, 0.15) is 0 Å². The molecule has 1 fully saturated rings. The summed E-state index contributed by atoms with van der Waals surface area (Å²) < 4.78 is 4.79. The molecule has 1 saturated heterocycles. The van der Waals surface area contributed by atoms with Gasteiger partial charge in [0.25, 0.3) is 0 Å². The third-order valence-electron chi connectivity index (χ3n) is 3.14. The van der Waals surface area contributed by atoms with Crippen molar-refractivity contribution in [3.8, 4) is 0 Å². The summed E-state index contributed by atoms with van der Waals surface area (Å²) in [6.07, 6.45) is 1.09. The predicted molar refractivity (Wildman–Crippen MR) is 69.3 cm³/mol. The van der Waals surface area contributed by atoms with Gasteiger partial charge in [-0.05, 0) is 13.3 Å². The highest BCUT2D eigenvalue weighted by molar-refractivity contribution is 5.81. The summed E-state index contributed by atoms with van der Waals surface area (Å²) in [5.74, 6) is -0.338. The van der Waals surface area contributed by atoms with Crippen LogP contribution >= 0.6 is 0 Å². The lowest BCUT2D eigenvalue weighted by atomic mass is 10.2. The molecule has 0 radical (unpaired) electrons. The molecule has 6 nitrogen and oxygen atoms in total. The molecule has 0 spiro atoms. The second-order valence-corrected chi connectivity index (χ2v) is 4.55. The second-order valence-electron chi connectivity index (χ2n) is 4.55. The SMILES string of the molecule is CCOC(=O)CCC(=O)N1CCCN(C(C)=O)CC1. The molecule has 0 N–H and O–H groups in total. The molecule has 2 amide bonds. The minimum atomic E-state index is -0.337. The van der Waals surface area contributed by atoms with Gasteiger partial charge in [-0.25, -0.2) is 0 Å². The lowest BCUT2D eigenvalue weighted by molar-refractivity contribution is -0.145. The van der Waals surface area contributed by atoms with Crippen LogP contribution in [0.15, 0.2) is 0 Å².